The van der Waals surface area contributed by atoms with Gasteiger partial charge in [0.25, 0.3) is 5.91 Å². The third-order valence-electron chi connectivity index (χ3n) is 5.97. The third kappa shape index (κ3) is 4.81. The van der Waals surface area contributed by atoms with Crippen LogP contribution in [0.4, 0.5) is 0 Å². The molecule has 1 amide bonds. The molecule has 0 aliphatic carbocycles. The van der Waals surface area contributed by atoms with Crippen LogP contribution in [0.15, 0.2) is 79.4 Å². The molecule has 0 N–H and O–H groups in total. The van der Waals surface area contributed by atoms with Crippen molar-refractivity contribution < 1.29 is 4.79 Å². The van der Waals surface area contributed by atoms with Gasteiger partial charge in [-0.1, -0.05) is 41.9 Å². The molecular formula is C26H24ClN5O. The number of likely N-dealkylation sites (tertiary alicyclic amines) is 1. The predicted molar refractivity (Wildman–Crippen MR) is 127 cm³/mol. The highest BCUT2D eigenvalue weighted by Gasteiger charge is 2.32. The van der Waals surface area contributed by atoms with Crippen LogP contribution in [0.3, 0.4) is 0 Å². The molecule has 166 valence electrons. The van der Waals surface area contributed by atoms with Gasteiger partial charge < -0.3 is 4.90 Å². The molecule has 1 atom stereocenters. The number of carbonyl (C=O) groups is 1. The van der Waals surface area contributed by atoms with Gasteiger partial charge in [-0.15, -0.1) is 0 Å². The fraction of sp³-hybridized carbons (Fsp3) is 0.231. The summed E-state index contributed by atoms with van der Waals surface area (Å²) in [6, 6.07) is 17.3. The Balaban J connectivity index is 1.38. The standard InChI is InChI=1S/C26H24ClN5O/c27-21-8-3-6-19(14-21)15-22-16-28-17-24(30-22)25-10-4-13-32(25)26(33)23-9-2-1-7-20(23)18-31-12-5-11-29-31/h1-3,5-9,11-12,14,16-17,25H,4,10,13,15,18H2/t25-/m0/s1. The molecule has 1 aliphatic rings. The molecule has 5 rings (SSSR count). The van der Waals surface area contributed by atoms with E-state index in [1.165, 1.54) is 0 Å². The fourth-order valence-electron chi connectivity index (χ4n) is 4.43. The first-order valence-corrected chi connectivity index (χ1v) is 11.5. The topological polar surface area (TPSA) is 63.9 Å². The van der Waals surface area contributed by atoms with Crippen LogP contribution in [0, 0.1) is 0 Å². The second kappa shape index (κ2) is 9.55. The lowest BCUT2D eigenvalue weighted by molar-refractivity contribution is 0.0731. The molecule has 0 spiro atoms. The van der Waals surface area contributed by atoms with Crippen LogP contribution in [0.25, 0.3) is 0 Å². The van der Waals surface area contributed by atoms with Crippen molar-refractivity contribution in [3.05, 3.63) is 112 Å². The van der Waals surface area contributed by atoms with Gasteiger partial charge in [0, 0.05) is 42.1 Å². The van der Waals surface area contributed by atoms with Crippen molar-refractivity contribution in [1.82, 2.24) is 24.6 Å². The number of amides is 1. The number of carbonyl (C=O) groups excluding carboxylic acids is 1. The maximum atomic E-state index is 13.6. The van der Waals surface area contributed by atoms with Crippen LogP contribution >= 0.6 is 11.6 Å². The molecular weight excluding hydrogens is 434 g/mol. The lowest BCUT2D eigenvalue weighted by Crippen LogP contribution is -2.32. The summed E-state index contributed by atoms with van der Waals surface area (Å²) in [6.07, 6.45) is 9.68. The Morgan fingerprint density at radius 2 is 2.00 bits per heavy atom. The number of benzene rings is 2. The summed E-state index contributed by atoms with van der Waals surface area (Å²) in [5, 5.41) is 4.99. The minimum Gasteiger partial charge on any atom is -0.330 e. The zero-order valence-corrected chi connectivity index (χ0v) is 18.9. The summed E-state index contributed by atoms with van der Waals surface area (Å²) in [5.74, 6) is 0.0299. The summed E-state index contributed by atoms with van der Waals surface area (Å²) >= 11 is 6.13. The van der Waals surface area contributed by atoms with E-state index in [1.54, 1.807) is 18.6 Å². The molecule has 6 nitrogen and oxygen atoms in total. The Morgan fingerprint density at radius 3 is 2.85 bits per heavy atom. The molecule has 0 saturated carbocycles. The van der Waals surface area contributed by atoms with Gasteiger partial charge in [-0.25, -0.2) is 0 Å². The van der Waals surface area contributed by atoms with E-state index >= 15 is 0 Å². The number of halogens is 1. The quantitative estimate of drug-likeness (QED) is 0.411. The lowest BCUT2D eigenvalue weighted by Gasteiger charge is -2.25. The molecule has 2 aromatic heterocycles. The summed E-state index contributed by atoms with van der Waals surface area (Å²) in [5.41, 5.74) is 4.46. The summed E-state index contributed by atoms with van der Waals surface area (Å²) in [4.78, 5) is 24.9. The zero-order valence-electron chi connectivity index (χ0n) is 18.1. The van der Waals surface area contributed by atoms with Crippen molar-refractivity contribution in [2.45, 2.75) is 31.8 Å². The molecule has 0 bridgehead atoms. The number of hydrogen-bond donors (Lipinski definition) is 0. The smallest absolute Gasteiger partial charge is 0.254 e. The van der Waals surface area contributed by atoms with E-state index in [9.17, 15) is 4.79 Å². The Kier molecular flexibility index (Phi) is 6.17. The largest absolute Gasteiger partial charge is 0.330 e. The third-order valence-corrected chi connectivity index (χ3v) is 6.21. The first-order valence-electron chi connectivity index (χ1n) is 11.1. The molecule has 1 aliphatic heterocycles. The van der Waals surface area contributed by atoms with E-state index in [4.69, 9.17) is 16.6 Å². The van der Waals surface area contributed by atoms with Crippen LogP contribution in [0.5, 0.6) is 0 Å². The van der Waals surface area contributed by atoms with E-state index < -0.39 is 0 Å². The van der Waals surface area contributed by atoms with E-state index in [2.05, 4.69) is 10.1 Å². The molecule has 3 heterocycles. The molecule has 1 fully saturated rings. The zero-order chi connectivity index (χ0) is 22.6. The van der Waals surface area contributed by atoms with Gasteiger partial charge in [-0.2, -0.15) is 5.10 Å². The average Bonchev–Trinajstić information content (AvgIpc) is 3.52. The first-order chi connectivity index (χ1) is 16.2. The number of hydrogen-bond acceptors (Lipinski definition) is 4. The van der Waals surface area contributed by atoms with Crippen LogP contribution in [-0.4, -0.2) is 37.1 Å². The summed E-state index contributed by atoms with van der Waals surface area (Å²) in [7, 11) is 0. The second-order valence-corrected chi connectivity index (χ2v) is 8.70. The van der Waals surface area contributed by atoms with E-state index in [-0.39, 0.29) is 11.9 Å². The molecule has 33 heavy (non-hydrogen) atoms. The van der Waals surface area contributed by atoms with E-state index in [1.807, 2.05) is 70.4 Å². The van der Waals surface area contributed by atoms with Crippen molar-refractivity contribution in [2.75, 3.05) is 6.54 Å². The Bertz CT molecular complexity index is 1260. The van der Waals surface area contributed by atoms with Gasteiger partial charge in [-0.3, -0.25) is 19.4 Å². The van der Waals surface area contributed by atoms with Gasteiger partial charge in [-0.05, 0) is 48.2 Å². The van der Waals surface area contributed by atoms with Gasteiger partial charge in [0.15, 0.2) is 0 Å². The molecule has 7 heteroatoms. The minimum atomic E-state index is -0.0814. The van der Waals surface area contributed by atoms with Crippen molar-refractivity contribution in [2.24, 2.45) is 0 Å². The molecule has 0 radical (unpaired) electrons. The van der Waals surface area contributed by atoms with Gasteiger partial charge in [0.05, 0.1) is 30.2 Å². The number of rotatable bonds is 6. The van der Waals surface area contributed by atoms with Crippen molar-refractivity contribution in [3.63, 3.8) is 0 Å². The summed E-state index contributed by atoms with van der Waals surface area (Å²) in [6.45, 7) is 1.27. The monoisotopic (exact) mass is 457 g/mol. The number of aromatic nitrogens is 4. The fourth-order valence-corrected chi connectivity index (χ4v) is 4.65. The van der Waals surface area contributed by atoms with Crippen LogP contribution in [0.2, 0.25) is 5.02 Å². The maximum absolute atomic E-state index is 13.6. The molecule has 1 saturated heterocycles. The van der Waals surface area contributed by atoms with Crippen LogP contribution < -0.4 is 0 Å². The molecule has 2 aromatic carbocycles. The lowest BCUT2D eigenvalue weighted by atomic mass is 10.0. The normalized spacial score (nSPS) is 15.7. The van der Waals surface area contributed by atoms with Crippen molar-refractivity contribution in [3.8, 4) is 0 Å². The highest BCUT2D eigenvalue weighted by atomic mass is 35.5. The summed E-state index contributed by atoms with van der Waals surface area (Å²) < 4.78 is 1.83. The van der Waals surface area contributed by atoms with Gasteiger partial charge >= 0.3 is 0 Å². The number of nitrogens with zero attached hydrogens (tertiary/aromatic N) is 5. The highest BCUT2D eigenvalue weighted by Crippen LogP contribution is 2.32. The van der Waals surface area contributed by atoms with E-state index in [0.717, 1.165) is 35.4 Å². The second-order valence-electron chi connectivity index (χ2n) is 8.26. The SMILES string of the molecule is O=C(c1ccccc1Cn1cccn1)N1CCC[C@H]1c1cncc(Cc2cccc(Cl)c2)n1. The Labute approximate surface area is 197 Å². The Morgan fingerprint density at radius 1 is 1.09 bits per heavy atom. The van der Waals surface area contributed by atoms with Crippen molar-refractivity contribution in [1.29, 1.82) is 0 Å². The average molecular weight is 458 g/mol. The highest BCUT2D eigenvalue weighted by molar-refractivity contribution is 6.30. The molecule has 4 aromatic rings. The molecule has 0 unspecified atom stereocenters. The Hall–Kier alpha value is -3.51. The van der Waals surface area contributed by atoms with Crippen LogP contribution in [-0.2, 0) is 13.0 Å². The van der Waals surface area contributed by atoms with E-state index in [0.29, 0.717) is 30.1 Å². The van der Waals surface area contributed by atoms with Crippen LogP contribution in [0.1, 0.15) is 51.8 Å². The van der Waals surface area contributed by atoms with Gasteiger partial charge in [0.1, 0.15) is 0 Å². The van der Waals surface area contributed by atoms with Gasteiger partial charge in [0.2, 0.25) is 0 Å². The minimum absolute atomic E-state index is 0.0299. The van der Waals surface area contributed by atoms with Crippen molar-refractivity contribution >= 4 is 17.5 Å². The first kappa shape index (κ1) is 21.3. The predicted octanol–water partition coefficient (Wildman–Crippen LogP) is 4.94. The maximum Gasteiger partial charge on any atom is 0.254 e.